The fourth-order valence-electron chi connectivity index (χ4n) is 6.36. The van der Waals surface area contributed by atoms with Gasteiger partial charge in [0.25, 0.3) is 0 Å². The topological polar surface area (TPSA) is 80.9 Å². The number of phenolic OH excluding ortho intramolecular Hbond substituents is 4. The molecule has 0 heterocycles. The molecule has 0 bridgehead atoms. The fraction of sp³-hybridized carbons (Fsp3) is 0.333. The van der Waals surface area contributed by atoms with Crippen molar-refractivity contribution in [3.63, 3.8) is 0 Å². The second kappa shape index (κ2) is 10.6. The molecule has 2 saturated carbocycles. The predicted molar refractivity (Wildman–Crippen MR) is 161 cm³/mol. The van der Waals surface area contributed by atoms with Gasteiger partial charge in [-0.2, -0.15) is 0 Å². The minimum atomic E-state index is 0.0525. The van der Waals surface area contributed by atoms with Crippen LogP contribution in [-0.4, -0.2) is 20.4 Å². The monoisotopic (exact) mass is 536 g/mol. The highest BCUT2D eigenvalue weighted by Gasteiger charge is 2.41. The average Bonchev–Trinajstić information content (AvgIpc) is 2.87. The smallest absolute Gasteiger partial charge is 0.118 e. The zero-order valence-corrected chi connectivity index (χ0v) is 24.0. The Kier molecular flexibility index (Phi) is 7.31. The van der Waals surface area contributed by atoms with E-state index in [0.29, 0.717) is 23.0 Å². The van der Waals surface area contributed by atoms with E-state index in [2.05, 4.69) is 24.3 Å². The van der Waals surface area contributed by atoms with Gasteiger partial charge in [-0.15, -0.1) is 0 Å². The third kappa shape index (κ3) is 4.81. The summed E-state index contributed by atoms with van der Waals surface area (Å²) in [4.78, 5) is 0. The number of hydrogen-bond donors (Lipinski definition) is 4. The van der Waals surface area contributed by atoms with E-state index < -0.39 is 0 Å². The van der Waals surface area contributed by atoms with Gasteiger partial charge in [0.15, 0.2) is 0 Å². The van der Waals surface area contributed by atoms with Crippen LogP contribution in [-0.2, 0) is 10.8 Å². The highest BCUT2D eigenvalue weighted by Crippen LogP contribution is 2.51. The molecule has 2 aliphatic rings. The van der Waals surface area contributed by atoms with Crippen LogP contribution in [0.3, 0.4) is 0 Å². The summed E-state index contributed by atoms with van der Waals surface area (Å²) in [5, 5.41) is 38.9. The largest absolute Gasteiger partial charge is 0.508 e. The van der Waals surface area contributed by atoms with Crippen molar-refractivity contribution in [2.45, 2.75) is 77.0 Å². The summed E-state index contributed by atoms with van der Waals surface area (Å²) in [6.45, 7) is 7.75. The molecule has 4 heteroatoms. The highest BCUT2D eigenvalue weighted by molar-refractivity contribution is 5.50. The van der Waals surface area contributed by atoms with E-state index in [-0.39, 0.29) is 10.8 Å². The quantitative estimate of drug-likeness (QED) is 0.211. The van der Waals surface area contributed by atoms with Crippen LogP contribution >= 0.6 is 0 Å². The summed E-state index contributed by atoms with van der Waals surface area (Å²) < 4.78 is 0. The molecule has 0 aliphatic heterocycles. The maximum atomic E-state index is 9.72. The van der Waals surface area contributed by atoms with Crippen molar-refractivity contribution >= 4 is 0 Å². The predicted octanol–water partition coefficient (Wildman–Crippen LogP) is 8.37. The Bertz CT molecular complexity index is 1320. The highest BCUT2D eigenvalue weighted by atomic mass is 16.3. The normalized spacial score (nSPS) is 16.7. The molecule has 6 rings (SSSR count). The maximum Gasteiger partial charge on any atom is 0.118 e. The first-order valence-electron chi connectivity index (χ1n) is 14.3. The second-order valence-corrected chi connectivity index (χ2v) is 11.9. The van der Waals surface area contributed by atoms with Crippen LogP contribution in [0.1, 0.15) is 83.0 Å². The molecule has 0 atom stereocenters. The summed E-state index contributed by atoms with van der Waals surface area (Å²) in [5.74, 6) is 1.41. The molecule has 0 saturated heterocycles. The third-order valence-electron chi connectivity index (χ3n) is 9.41. The van der Waals surface area contributed by atoms with Gasteiger partial charge in [-0.25, -0.2) is 0 Å². The Morgan fingerprint density at radius 3 is 0.775 bits per heavy atom. The molecule has 2 fully saturated rings. The van der Waals surface area contributed by atoms with Gasteiger partial charge < -0.3 is 20.4 Å². The summed E-state index contributed by atoms with van der Waals surface area (Å²) in [5.41, 5.74) is 8.86. The van der Waals surface area contributed by atoms with Gasteiger partial charge in [-0.05, 0) is 122 Å². The fourth-order valence-corrected chi connectivity index (χ4v) is 6.36. The molecule has 4 nitrogen and oxygen atoms in total. The van der Waals surface area contributed by atoms with E-state index in [0.717, 1.165) is 47.9 Å². The number of hydrogen-bond acceptors (Lipinski definition) is 4. The molecule has 4 aromatic carbocycles. The maximum absolute atomic E-state index is 9.72. The molecule has 208 valence electrons. The lowest BCUT2D eigenvalue weighted by atomic mass is 9.60. The third-order valence-corrected chi connectivity index (χ3v) is 9.41. The van der Waals surface area contributed by atoms with E-state index in [1.165, 1.54) is 35.1 Å². The first kappa shape index (κ1) is 27.6. The second-order valence-electron chi connectivity index (χ2n) is 11.9. The van der Waals surface area contributed by atoms with Crippen LogP contribution in [0.4, 0.5) is 0 Å². The molecule has 40 heavy (non-hydrogen) atoms. The van der Waals surface area contributed by atoms with Crippen molar-refractivity contribution < 1.29 is 20.4 Å². The number of aryl methyl sites for hydroxylation is 4. The van der Waals surface area contributed by atoms with Crippen LogP contribution in [0.25, 0.3) is 0 Å². The summed E-state index contributed by atoms with van der Waals surface area (Å²) in [6.07, 6.45) is 6.95. The Morgan fingerprint density at radius 1 is 0.400 bits per heavy atom. The number of benzene rings is 4. The first-order chi connectivity index (χ1) is 19.1. The Hall–Kier alpha value is -3.92. The zero-order chi connectivity index (χ0) is 28.7. The number of aromatic hydroxyl groups is 4. The molecular formula is C36H40O4. The standard InChI is InChI=1S/2C18H20O2/c2*1-12-10-14(4-6-16(12)19)18(8-3-9-18)15-5-7-17(20)13(2)11-15/h2*4-7,10-11,19-20H,3,8-9H2,1-2H3. The lowest BCUT2D eigenvalue weighted by molar-refractivity contribution is 0.300. The van der Waals surface area contributed by atoms with Crippen molar-refractivity contribution in [3.05, 3.63) is 117 Å². The molecule has 0 unspecified atom stereocenters. The van der Waals surface area contributed by atoms with E-state index in [9.17, 15) is 20.4 Å². The van der Waals surface area contributed by atoms with Crippen molar-refractivity contribution in [2.75, 3.05) is 0 Å². The van der Waals surface area contributed by atoms with Crippen LogP contribution in [0.15, 0.2) is 72.8 Å². The molecule has 0 amide bonds. The van der Waals surface area contributed by atoms with Gasteiger partial charge in [0.05, 0.1) is 0 Å². The van der Waals surface area contributed by atoms with E-state index in [1.54, 1.807) is 24.3 Å². The van der Waals surface area contributed by atoms with E-state index in [4.69, 9.17) is 0 Å². The van der Waals surface area contributed by atoms with E-state index >= 15 is 0 Å². The minimum Gasteiger partial charge on any atom is -0.508 e. The van der Waals surface area contributed by atoms with Gasteiger partial charge in [0, 0.05) is 10.8 Å². The molecule has 2 aliphatic carbocycles. The molecular weight excluding hydrogens is 496 g/mol. The van der Waals surface area contributed by atoms with Crippen molar-refractivity contribution in [3.8, 4) is 23.0 Å². The van der Waals surface area contributed by atoms with Crippen molar-refractivity contribution in [1.29, 1.82) is 0 Å². The van der Waals surface area contributed by atoms with Gasteiger partial charge in [0.2, 0.25) is 0 Å². The first-order valence-corrected chi connectivity index (χ1v) is 14.3. The number of rotatable bonds is 4. The van der Waals surface area contributed by atoms with Crippen LogP contribution in [0.2, 0.25) is 0 Å². The zero-order valence-electron chi connectivity index (χ0n) is 24.0. The average molecular weight is 537 g/mol. The van der Waals surface area contributed by atoms with Crippen molar-refractivity contribution in [1.82, 2.24) is 0 Å². The lowest BCUT2D eigenvalue weighted by Crippen LogP contribution is -2.35. The molecule has 0 spiro atoms. The van der Waals surface area contributed by atoms with Crippen LogP contribution in [0.5, 0.6) is 23.0 Å². The van der Waals surface area contributed by atoms with Crippen molar-refractivity contribution in [2.24, 2.45) is 0 Å². The Labute approximate surface area is 237 Å². The SMILES string of the molecule is Cc1cc(C2(c3ccc(O)c(C)c3)CCC2)ccc1O.Cc1cc(C2(c3ccc(O)c(C)c3)CCC2)ccc1O. The minimum absolute atomic E-state index is 0.0525. The van der Waals surface area contributed by atoms with Gasteiger partial charge in [-0.1, -0.05) is 61.4 Å². The summed E-state index contributed by atoms with van der Waals surface area (Å²) in [7, 11) is 0. The molecule has 0 radical (unpaired) electrons. The van der Waals surface area contributed by atoms with Crippen LogP contribution < -0.4 is 0 Å². The summed E-state index contributed by atoms with van der Waals surface area (Å²) in [6, 6.07) is 23.7. The Balaban J connectivity index is 0.000000161. The lowest BCUT2D eigenvalue weighted by Gasteiger charge is -2.43. The molecule has 0 aromatic heterocycles. The molecule has 4 N–H and O–H groups in total. The van der Waals surface area contributed by atoms with Gasteiger partial charge in [-0.3, -0.25) is 0 Å². The molecule has 4 aromatic rings. The summed E-state index contributed by atoms with van der Waals surface area (Å²) >= 11 is 0. The number of phenols is 4. The Morgan fingerprint density at radius 2 is 0.625 bits per heavy atom. The van der Waals surface area contributed by atoms with Crippen LogP contribution in [0, 0.1) is 27.7 Å². The van der Waals surface area contributed by atoms with Gasteiger partial charge in [0.1, 0.15) is 23.0 Å². The van der Waals surface area contributed by atoms with E-state index in [1.807, 2.05) is 52.0 Å². The van der Waals surface area contributed by atoms with Gasteiger partial charge >= 0.3 is 0 Å².